The third-order valence-corrected chi connectivity index (χ3v) is 6.97. The maximum Gasteiger partial charge on any atom is 0.264 e. The smallest absolute Gasteiger partial charge is 0.264 e. The summed E-state index contributed by atoms with van der Waals surface area (Å²) in [6.07, 6.45) is 0. The summed E-state index contributed by atoms with van der Waals surface area (Å²) in [7, 11) is -3.93. The van der Waals surface area contributed by atoms with Crippen molar-refractivity contribution < 1.29 is 13.2 Å². The standard InChI is InChI=1S/C25H28N2O3S/c1-18-10-13-23(14-11-18)31(29,30)27(24-15-12-19(2)16-20(24)3)17-25(28)26-21(4)22-8-6-5-7-9-22/h5-16,21H,17H2,1-4H3,(H,26,28)/t21-/m0/s1. The van der Waals surface area contributed by atoms with Crippen molar-refractivity contribution in [3.05, 3.63) is 95.1 Å². The van der Waals surface area contributed by atoms with Crippen LogP contribution in [-0.4, -0.2) is 20.9 Å². The van der Waals surface area contributed by atoms with Gasteiger partial charge in [0.15, 0.2) is 0 Å². The molecule has 162 valence electrons. The lowest BCUT2D eigenvalue weighted by Gasteiger charge is -2.26. The molecule has 0 aliphatic rings. The van der Waals surface area contributed by atoms with Gasteiger partial charge in [0.05, 0.1) is 16.6 Å². The molecule has 0 saturated heterocycles. The van der Waals surface area contributed by atoms with Gasteiger partial charge in [-0.2, -0.15) is 0 Å². The van der Waals surface area contributed by atoms with Crippen molar-refractivity contribution in [3.63, 3.8) is 0 Å². The van der Waals surface area contributed by atoms with E-state index in [2.05, 4.69) is 5.32 Å². The zero-order valence-electron chi connectivity index (χ0n) is 18.3. The molecule has 3 rings (SSSR count). The molecule has 0 radical (unpaired) electrons. The van der Waals surface area contributed by atoms with Gasteiger partial charge in [0.25, 0.3) is 10.0 Å². The topological polar surface area (TPSA) is 66.5 Å². The van der Waals surface area contributed by atoms with Crippen molar-refractivity contribution in [2.45, 2.75) is 38.6 Å². The first-order valence-corrected chi connectivity index (χ1v) is 11.6. The molecule has 0 saturated carbocycles. The van der Waals surface area contributed by atoms with Crippen molar-refractivity contribution >= 4 is 21.6 Å². The van der Waals surface area contributed by atoms with E-state index in [-0.39, 0.29) is 23.4 Å². The number of nitrogens with zero attached hydrogens (tertiary/aromatic N) is 1. The van der Waals surface area contributed by atoms with Crippen molar-refractivity contribution in [2.24, 2.45) is 0 Å². The molecule has 0 aliphatic heterocycles. The third kappa shape index (κ3) is 5.33. The largest absolute Gasteiger partial charge is 0.348 e. The highest BCUT2D eigenvalue weighted by Crippen LogP contribution is 2.28. The van der Waals surface area contributed by atoms with E-state index >= 15 is 0 Å². The van der Waals surface area contributed by atoms with Crippen LogP contribution < -0.4 is 9.62 Å². The molecule has 1 amide bonds. The van der Waals surface area contributed by atoms with Gasteiger partial charge in [-0.25, -0.2) is 8.42 Å². The molecule has 0 aromatic heterocycles. The van der Waals surface area contributed by atoms with Gasteiger partial charge < -0.3 is 5.32 Å². The van der Waals surface area contributed by atoms with Gasteiger partial charge in [-0.1, -0.05) is 65.7 Å². The molecule has 31 heavy (non-hydrogen) atoms. The summed E-state index contributed by atoms with van der Waals surface area (Å²) >= 11 is 0. The minimum absolute atomic E-state index is 0.155. The van der Waals surface area contributed by atoms with E-state index in [4.69, 9.17) is 0 Å². The zero-order valence-corrected chi connectivity index (χ0v) is 19.1. The molecule has 1 N–H and O–H groups in total. The molecule has 1 atom stereocenters. The molecular formula is C25H28N2O3S. The van der Waals surface area contributed by atoms with Crippen LogP contribution in [0.4, 0.5) is 5.69 Å². The Morgan fingerprint density at radius 2 is 1.52 bits per heavy atom. The van der Waals surface area contributed by atoms with Gasteiger partial charge in [0.2, 0.25) is 5.91 Å². The van der Waals surface area contributed by atoms with Gasteiger partial charge in [0, 0.05) is 0 Å². The Morgan fingerprint density at radius 1 is 0.903 bits per heavy atom. The average Bonchev–Trinajstić information content (AvgIpc) is 2.73. The van der Waals surface area contributed by atoms with E-state index in [9.17, 15) is 13.2 Å². The van der Waals surface area contributed by atoms with Crippen LogP contribution in [0.3, 0.4) is 0 Å². The highest BCUT2D eigenvalue weighted by molar-refractivity contribution is 7.92. The number of amides is 1. The maximum atomic E-state index is 13.5. The minimum atomic E-state index is -3.93. The van der Waals surface area contributed by atoms with E-state index < -0.39 is 10.0 Å². The zero-order chi connectivity index (χ0) is 22.6. The van der Waals surface area contributed by atoms with Gasteiger partial charge >= 0.3 is 0 Å². The quantitative estimate of drug-likeness (QED) is 0.585. The predicted molar refractivity (Wildman–Crippen MR) is 125 cm³/mol. The Kier molecular flexibility index (Phi) is 6.81. The number of nitrogens with one attached hydrogen (secondary N) is 1. The summed E-state index contributed by atoms with van der Waals surface area (Å²) in [5.41, 5.74) is 4.23. The second-order valence-electron chi connectivity index (χ2n) is 7.81. The number of rotatable bonds is 7. The molecule has 0 bridgehead atoms. The lowest BCUT2D eigenvalue weighted by Crippen LogP contribution is -2.42. The first-order chi connectivity index (χ1) is 14.7. The van der Waals surface area contributed by atoms with Crippen LogP contribution in [0, 0.1) is 20.8 Å². The number of sulfonamides is 1. The Labute approximate surface area is 184 Å². The lowest BCUT2D eigenvalue weighted by molar-refractivity contribution is -0.120. The van der Waals surface area contributed by atoms with Crippen molar-refractivity contribution in [1.82, 2.24) is 5.32 Å². The van der Waals surface area contributed by atoms with Crippen molar-refractivity contribution in [3.8, 4) is 0 Å². The lowest BCUT2D eigenvalue weighted by atomic mass is 10.1. The monoisotopic (exact) mass is 436 g/mol. The number of aryl methyl sites for hydroxylation is 3. The summed E-state index contributed by atoms with van der Waals surface area (Å²) in [6.45, 7) is 7.27. The van der Waals surface area contributed by atoms with E-state index in [0.717, 1.165) is 22.3 Å². The van der Waals surface area contributed by atoms with Crippen LogP contribution in [0.15, 0.2) is 77.7 Å². The third-order valence-electron chi connectivity index (χ3n) is 5.19. The normalized spacial score (nSPS) is 12.3. The Morgan fingerprint density at radius 3 is 2.13 bits per heavy atom. The summed E-state index contributed by atoms with van der Waals surface area (Å²) in [4.78, 5) is 13.1. The highest BCUT2D eigenvalue weighted by atomic mass is 32.2. The van der Waals surface area contributed by atoms with Crippen LogP contribution in [0.1, 0.15) is 35.2 Å². The molecular weight excluding hydrogens is 408 g/mol. The molecule has 0 heterocycles. The van der Waals surface area contributed by atoms with E-state index in [0.29, 0.717) is 5.69 Å². The van der Waals surface area contributed by atoms with Gasteiger partial charge in [0.1, 0.15) is 6.54 Å². The number of anilines is 1. The molecule has 0 aliphatic carbocycles. The second-order valence-corrected chi connectivity index (χ2v) is 9.68. The predicted octanol–water partition coefficient (Wildman–Crippen LogP) is 4.68. The van der Waals surface area contributed by atoms with E-state index in [1.54, 1.807) is 30.3 Å². The van der Waals surface area contributed by atoms with Gasteiger partial charge in [-0.3, -0.25) is 9.10 Å². The van der Waals surface area contributed by atoms with Crippen molar-refractivity contribution in [1.29, 1.82) is 0 Å². The first kappa shape index (κ1) is 22.6. The number of hydrogen-bond acceptors (Lipinski definition) is 3. The first-order valence-electron chi connectivity index (χ1n) is 10.2. The summed E-state index contributed by atoms with van der Waals surface area (Å²) in [6, 6.07) is 21.5. The summed E-state index contributed by atoms with van der Waals surface area (Å²) < 4.78 is 28.2. The SMILES string of the molecule is Cc1ccc(S(=O)(=O)N(CC(=O)N[C@@H](C)c2ccccc2)c2ccc(C)cc2C)cc1. The molecule has 0 unspecified atom stereocenters. The minimum Gasteiger partial charge on any atom is -0.348 e. The molecule has 0 fully saturated rings. The van der Waals surface area contributed by atoms with Crippen LogP contribution in [0.2, 0.25) is 0 Å². The molecule has 6 heteroatoms. The summed E-state index contributed by atoms with van der Waals surface area (Å²) in [5, 5.41) is 2.91. The Hall–Kier alpha value is -3.12. The number of hydrogen-bond donors (Lipinski definition) is 1. The van der Waals surface area contributed by atoms with Crippen LogP contribution in [0.25, 0.3) is 0 Å². The molecule has 0 spiro atoms. The fourth-order valence-electron chi connectivity index (χ4n) is 3.46. The molecule has 5 nitrogen and oxygen atoms in total. The van der Waals surface area contributed by atoms with Crippen molar-refractivity contribution in [2.75, 3.05) is 10.8 Å². The average molecular weight is 437 g/mol. The van der Waals surface area contributed by atoms with Crippen LogP contribution in [-0.2, 0) is 14.8 Å². The fraction of sp³-hybridized carbons (Fsp3) is 0.240. The molecule has 3 aromatic carbocycles. The van der Waals surface area contributed by atoms with E-state index in [1.807, 2.05) is 70.2 Å². The van der Waals surface area contributed by atoms with Gasteiger partial charge in [-0.05, 0) is 57.0 Å². The van der Waals surface area contributed by atoms with E-state index in [1.165, 1.54) is 4.31 Å². The number of carbonyl (C=O) groups excluding carboxylic acids is 1. The molecule has 3 aromatic rings. The second kappa shape index (κ2) is 9.35. The Balaban J connectivity index is 1.94. The maximum absolute atomic E-state index is 13.5. The van der Waals surface area contributed by atoms with Gasteiger partial charge in [-0.15, -0.1) is 0 Å². The number of carbonyl (C=O) groups is 1. The number of benzene rings is 3. The Bertz CT molecular complexity index is 1160. The van der Waals surface area contributed by atoms with Crippen LogP contribution in [0.5, 0.6) is 0 Å². The summed E-state index contributed by atoms with van der Waals surface area (Å²) in [5.74, 6) is -0.369. The fourth-order valence-corrected chi connectivity index (χ4v) is 4.95. The highest BCUT2D eigenvalue weighted by Gasteiger charge is 2.28. The van der Waals surface area contributed by atoms with Crippen LogP contribution >= 0.6 is 0 Å².